The number of rotatable bonds is 17. The Hall–Kier alpha value is -2.45. The molecule has 1 rings (SSSR count). The summed E-state index contributed by atoms with van der Waals surface area (Å²) in [7, 11) is 0. The highest BCUT2D eigenvalue weighted by Crippen LogP contribution is 2.22. The highest BCUT2D eigenvalue weighted by atomic mass is 16.6. The van der Waals surface area contributed by atoms with Crippen molar-refractivity contribution in [2.75, 3.05) is 26.4 Å². The lowest BCUT2D eigenvalue weighted by Gasteiger charge is -2.30. The van der Waals surface area contributed by atoms with E-state index in [1.807, 2.05) is 18.2 Å². The first-order chi connectivity index (χ1) is 15.9. The Labute approximate surface area is 196 Å². The molecule has 0 aliphatic rings. The second kappa shape index (κ2) is 16.2. The predicted octanol–water partition coefficient (Wildman–Crippen LogP) is 3.38. The van der Waals surface area contributed by atoms with Crippen LogP contribution in [0.2, 0.25) is 0 Å². The summed E-state index contributed by atoms with van der Waals surface area (Å²) in [6, 6.07) is 10.4. The summed E-state index contributed by atoms with van der Waals surface area (Å²) < 4.78 is 20.1. The van der Waals surface area contributed by atoms with Crippen molar-refractivity contribution in [3.63, 3.8) is 0 Å². The third kappa shape index (κ3) is 9.52. The van der Waals surface area contributed by atoms with Crippen LogP contribution in [0.25, 0.3) is 0 Å². The maximum absolute atomic E-state index is 12.4. The van der Waals surface area contributed by atoms with Crippen LogP contribution in [0.5, 0.6) is 0 Å². The molecule has 0 fully saturated rings. The van der Waals surface area contributed by atoms with Crippen molar-refractivity contribution in [2.24, 2.45) is 0 Å². The molecule has 1 N–H and O–H groups in total. The molecule has 8 nitrogen and oxygen atoms in total. The fraction of sp³-hybridized carbons (Fsp3) is 0.640. The SMILES string of the molecule is CCOC(=O)C(OCCCCCCCCc1ccccc1)C(O)(C(=O)OCC)C(=O)OCC. The number of ether oxygens (including phenoxy) is 4. The molecule has 186 valence electrons. The van der Waals surface area contributed by atoms with Crippen LogP contribution in [0.3, 0.4) is 0 Å². The molecular weight excluding hydrogens is 428 g/mol. The Morgan fingerprint density at radius 3 is 1.85 bits per heavy atom. The van der Waals surface area contributed by atoms with E-state index >= 15 is 0 Å². The average Bonchev–Trinajstić information content (AvgIpc) is 2.81. The molecule has 33 heavy (non-hydrogen) atoms. The summed E-state index contributed by atoms with van der Waals surface area (Å²) in [6.45, 7) is 4.46. The van der Waals surface area contributed by atoms with E-state index in [0.29, 0.717) is 6.42 Å². The minimum atomic E-state index is -2.93. The number of hydrogen-bond donors (Lipinski definition) is 1. The topological polar surface area (TPSA) is 108 Å². The van der Waals surface area contributed by atoms with Gasteiger partial charge in [0.1, 0.15) is 0 Å². The van der Waals surface area contributed by atoms with Gasteiger partial charge in [-0.15, -0.1) is 0 Å². The average molecular weight is 467 g/mol. The number of carbonyl (C=O) groups is 3. The van der Waals surface area contributed by atoms with Gasteiger partial charge < -0.3 is 24.1 Å². The lowest BCUT2D eigenvalue weighted by molar-refractivity contribution is -0.208. The molecule has 0 bridgehead atoms. The van der Waals surface area contributed by atoms with Gasteiger partial charge in [-0.3, -0.25) is 0 Å². The van der Waals surface area contributed by atoms with E-state index in [1.54, 1.807) is 6.92 Å². The molecule has 0 heterocycles. The molecule has 8 heteroatoms. The predicted molar refractivity (Wildman–Crippen MR) is 122 cm³/mol. The van der Waals surface area contributed by atoms with Gasteiger partial charge in [-0.25, -0.2) is 14.4 Å². The minimum absolute atomic E-state index is 0.0105. The lowest BCUT2D eigenvalue weighted by atomic mass is 9.96. The van der Waals surface area contributed by atoms with Gasteiger partial charge in [0.05, 0.1) is 19.8 Å². The smallest absolute Gasteiger partial charge is 0.353 e. The van der Waals surface area contributed by atoms with Gasteiger partial charge in [0, 0.05) is 6.61 Å². The Morgan fingerprint density at radius 2 is 1.30 bits per heavy atom. The molecule has 0 saturated carbocycles. The van der Waals surface area contributed by atoms with Crippen molar-refractivity contribution in [3.8, 4) is 0 Å². The van der Waals surface area contributed by atoms with E-state index in [9.17, 15) is 19.5 Å². The van der Waals surface area contributed by atoms with Crippen LogP contribution in [0.4, 0.5) is 0 Å². The molecule has 1 aromatic carbocycles. The number of aliphatic hydroxyl groups is 1. The van der Waals surface area contributed by atoms with Gasteiger partial charge in [0.25, 0.3) is 5.60 Å². The van der Waals surface area contributed by atoms with E-state index in [0.717, 1.165) is 38.5 Å². The summed E-state index contributed by atoms with van der Waals surface area (Å²) >= 11 is 0. The van der Waals surface area contributed by atoms with E-state index in [4.69, 9.17) is 18.9 Å². The van der Waals surface area contributed by atoms with Crippen molar-refractivity contribution < 1.29 is 38.4 Å². The molecule has 1 aromatic rings. The molecule has 0 aliphatic carbocycles. The number of esters is 3. The third-order valence-electron chi connectivity index (χ3n) is 5.04. The van der Waals surface area contributed by atoms with Crippen LogP contribution in [0.1, 0.15) is 64.9 Å². The van der Waals surface area contributed by atoms with Crippen LogP contribution < -0.4 is 0 Å². The molecule has 0 saturated heterocycles. The van der Waals surface area contributed by atoms with Crippen LogP contribution in [-0.2, 0) is 39.8 Å². The van der Waals surface area contributed by atoms with Crippen LogP contribution in [0.15, 0.2) is 30.3 Å². The zero-order valence-electron chi connectivity index (χ0n) is 20.0. The van der Waals surface area contributed by atoms with Crippen LogP contribution >= 0.6 is 0 Å². The summed E-state index contributed by atoms with van der Waals surface area (Å²) in [5.74, 6) is -3.64. The lowest BCUT2D eigenvalue weighted by Crippen LogP contribution is -2.61. The Balaban J connectivity index is 2.55. The molecule has 0 amide bonds. The molecule has 0 aromatic heterocycles. The fourth-order valence-electron chi connectivity index (χ4n) is 3.34. The Morgan fingerprint density at radius 1 is 0.788 bits per heavy atom. The number of benzene rings is 1. The van der Waals surface area contributed by atoms with E-state index in [2.05, 4.69) is 12.1 Å². The highest BCUT2D eigenvalue weighted by Gasteiger charge is 2.58. The maximum atomic E-state index is 12.4. The van der Waals surface area contributed by atoms with Gasteiger partial charge in [0.2, 0.25) is 6.10 Å². The van der Waals surface area contributed by atoms with Gasteiger partial charge in [-0.1, -0.05) is 56.0 Å². The standard InChI is InChI=1S/C25H38O8/c1-4-30-22(26)21(25(29,23(27)31-5-2)24(28)32-6-3)33-19-15-10-8-7-9-12-16-20-17-13-11-14-18-20/h11,13-14,17-18,21,29H,4-10,12,15-16,19H2,1-3H3. The molecule has 1 unspecified atom stereocenters. The third-order valence-corrected chi connectivity index (χ3v) is 5.04. The number of carbonyl (C=O) groups excluding carboxylic acids is 3. The number of unbranched alkanes of at least 4 members (excludes halogenated alkanes) is 5. The zero-order chi connectivity index (χ0) is 24.5. The van der Waals surface area contributed by atoms with Gasteiger partial charge in [0.15, 0.2) is 0 Å². The first-order valence-corrected chi connectivity index (χ1v) is 11.8. The maximum Gasteiger partial charge on any atom is 0.353 e. The van der Waals surface area contributed by atoms with Crippen LogP contribution in [0, 0.1) is 0 Å². The first kappa shape index (κ1) is 28.6. The van der Waals surface area contributed by atoms with E-state index < -0.39 is 29.6 Å². The van der Waals surface area contributed by atoms with E-state index in [-0.39, 0.29) is 26.4 Å². The molecular formula is C25H38O8. The first-order valence-electron chi connectivity index (χ1n) is 11.8. The van der Waals surface area contributed by atoms with Gasteiger partial charge >= 0.3 is 17.9 Å². The van der Waals surface area contributed by atoms with Crippen molar-refractivity contribution in [2.45, 2.75) is 77.4 Å². The van der Waals surface area contributed by atoms with Crippen molar-refractivity contribution in [1.82, 2.24) is 0 Å². The second-order valence-electron chi connectivity index (χ2n) is 7.57. The number of hydrogen-bond acceptors (Lipinski definition) is 8. The zero-order valence-corrected chi connectivity index (χ0v) is 20.0. The molecule has 0 aliphatic heterocycles. The van der Waals surface area contributed by atoms with Gasteiger partial charge in [-0.05, 0) is 45.6 Å². The van der Waals surface area contributed by atoms with Crippen LogP contribution in [-0.4, -0.2) is 61.1 Å². The minimum Gasteiger partial charge on any atom is -0.464 e. The highest BCUT2D eigenvalue weighted by molar-refractivity contribution is 6.08. The summed E-state index contributed by atoms with van der Waals surface area (Å²) in [6.07, 6.45) is 4.93. The van der Waals surface area contributed by atoms with E-state index in [1.165, 1.54) is 19.4 Å². The fourth-order valence-corrected chi connectivity index (χ4v) is 3.34. The normalized spacial score (nSPS) is 12.1. The largest absolute Gasteiger partial charge is 0.464 e. The monoisotopic (exact) mass is 466 g/mol. The van der Waals surface area contributed by atoms with Crippen molar-refractivity contribution >= 4 is 17.9 Å². The summed E-state index contributed by atoms with van der Waals surface area (Å²) in [5.41, 5.74) is -1.60. The molecule has 0 spiro atoms. The second-order valence-corrected chi connectivity index (χ2v) is 7.57. The summed E-state index contributed by atoms with van der Waals surface area (Å²) in [4.78, 5) is 37.3. The van der Waals surface area contributed by atoms with Crippen molar-refractivity contribution in [1.29, 1.82) is 0 Å². The molecule has 0 radical (unpaired) electrons. The quantitative estimate of drug-likeness (QED) is 0.161. The molecule has 1 atom stereocenters. The van der Waals surface area contributed by atoms with Gasteiger partial charge in [-0.2, -0.15) is 0 Å². The van der Waals surface area contributed by atoms with Crippen molar-refractivity contribution in [3.05, 3.63) is 35.9 Å². The Bertz CT molecular complexity index is 686. The summed E-state index contributed by atoms with van der Waals surface area (Å²) in [5, 5.41) is 10.9. The Kier molecular flexibility index (Phi) is 14.0. The number of aryl methyl sites for hydroxylation is 1.